The van der Waals surface area contributed by atoms with Gasteiger partial charge in [-0.2, -0.15) is 13.2 Å². The van der Waals surface area contributed by atoms with Crippen LogP contribution < -0.4 is 4.90 Å². The smallest absolute Gasteiger partial charge is 0.294 e. The Morgan fingerprint density at radius 3 is 2.18 bits per heavy atom. The molecule has 0 amide bonds. The first-order chi connectivity index (χ1) is 21.7. The van der Waals surface area contributed by atoms with Crippen molar-refractivity contribution in [1.82, 2.24) is 14.5 Å². The number of aromatic nitrogens is 3. The van der Waals surface area contributed by atoms with Crippen LogP contribution in [0.15, 0.2) is 128 Å². The van der Waals surface area contributed by atoms with Crippen LogP contribution >= 0.6 is 0 Å². The van der Waals surface area contributed by atoms with Crippen molar-refractivity contribution in [3.05, 3.63) is 144 Å². The predicted octanol–water partition coefficient (Wildman–Crippen LogP) is 10.4. The Bertz CT molecular complexity index is 2200. The molecule has 4 aromatic carbocycles. The molecular weight excluding hydrogens is 569 g/mol. The summed E-state index contributed by atoms with van der Waals surface area (Å²) in [6.07, 6.45) is -1.13. The molecule has 8 rings (SSSR count). The van der Waals surface area contributed by atoms with Gasteiger partial charge in [-0.15, -0.1) is 0 Å². The van der Waals surface area contributed by atoms with Crippen LogP contribution in [0.5, 0.6) is 0 Å². The SMILES string of the molecule is CC1(C)c2ccccc2N(c2ccccn2)c2cc(-c3cc(-n4c5ccccc5c5cccnc54)cc(C(F)(F)F)c3)ccc21. The van der Waals surface area contributed by atoms with Gasteiger partial charge in [-0.05, 0) is 82.9 Å². The largest absolute Gasteiger partial charge is 0.416 e. The molecule has 0 unspecified atom stereocenters. The van der Waals surface area contributed by atoms with E-state index in [2.05, 4.69) is 40.8 Å². The van der Waals surface area contributed by atoms with Crippen LogP contribution in [0.2, 0.25) is 0 Å². The molecule has 7 aromatic rings. The van der Waals surface area contributed by atoms with Crippen LogP contribution in [0.1, 0.15) is 30.5 Å². The number of rotatable bonds is 3. The quantitative estimate of drug-likeness (QED) is 0.204. The predicted molar refractivity (Wildman–Crippen MR) is 174 cm³/mol. The number of alkyl halides is 3. The van der Waals surface area contributed by atoms with Crippen LogP contribution in [0, 0.1) is 0 Å². The maximum absolute atomic E-state index is 14.5. The number of nitrogens with zero attached hydrogens (tertiary/aromatic N) is 4. The Labute approximate surface area is 258 Å². The molecule has 4 heterocycles. The molecule has 0 radical (unpaired) electrons. The Kier molecular flexibility index (Phi) is 5.91. The number of fused-ring (bicyclic) bond motifs is 5. The summed E-state index contributed by atoms with van der Waals surface area (Å²) in [5.41, 5.74) is 5.95. The molecule has 0 saturated carbocycles. The van der Waals surface area contributed by atoms with Crippen LogP contribution in [0.25, 0.3) is 38.8 Å². The highest BCUT2D eigenvalue weighted by atomic mass is 19.4. The Balaban J connectivity index is 1.38. The average molecular weight is 597 g/mol. The summed E-state index contributed by atoms with van der Waals surface area (Å²) in [6.45, 7) is 4.36. The fourth-order valence-corrected chi connectivity index (χ4v) is 6.76. The summed E-state index contributed by atoms with van der Waals surface area (Å²) in [4.78, 5) is 11.4. The number of anilines is 3. The third kappa shape index (κ3) is 4.22. The average Bonchev–Trinajstić information content (AvgIpc) is 3.39. The van der Waals surface area contributed by atoms with Gasteiger partial charge in [-0.1, -0.05) is 68.4 Å². The highest BCUT2D eigenvalue weighted by Gasteiger charge is 2.37. The first-order valence-corrected chi connectivity index (χ1v) is 14.7. The van der Waals surface area contributed by atoms with E-state index in [0.717, 1.165) is 44.6 Å². The van der Waals surface area contributed by atoms with Gasteiger partial charge in [0.05, 0.1) is 22.5 Å². The molecule has 220 valence electrons. The van der Waals surface area contributed by atoms with Gasteiger partial charge in [0.2, 0.25) is 0 Å². The molecule has 3 aromatic heterocycles. The van der Waals surface area contributed by atoms with E-state index < -0.39 is 11.7 Å². The van der Waals surface area contributed by atoms with E-state index in [1.807, 2.05) is 95.6 Å². The third-order valence-corrected chi connectivity index (χ3v) is 8.88. The molecule has 7 heteroatoms. The molecule has 45 heavy (non-hydrogen) atoms. The number of pyridine rings is 2. The van der Waals surface area contributed by atoms with Crippen LogP contribution in [-0.4, -0.2) is 14.5 Å². The van der Waals surface area contributed by atoms with Crippen LogP contribution in [0.3, 0.4) is 0 Å². The molecule has 0 spiro atoms. The fourth-order valence-electron chi connectivity index (χ4n) is 6.76. The van der Waals surface area contributed by atoms with Gasteiger partial charge in [0.15, 0.2) is 0 Å². The maximum atomic E-state index is 14.5. The zero-order chi connectivity index (χ0) is 30.9. The standard InChI is InChI=1S/C38H27F3N4/c1-37(2)30-12-4-6-14-33(30)45(35-15-7-8-18-42-35)34-22-24(16-17-31(34)37)25-20-26(38(39,40)41)23-27(21-25)44-32-13-5-3-10-28(32)29-11-9-19-43-36(29)44/h3-23H,1-2H3. The number of hydrogen-bond donors (Lipinski definition) is 0. The molecule has 0 saturated heterocycles. The Morgan fingerprint density at radius 1 is 0.622 bits per heavy atom. The highest BCUT2D eigenvalue weighted by molar-refractivity contribution is 6.07. The lowest BCUT2D eigenvalue weighted by Crippen LogP contribution is -2.30. The topological polar surface area (TPSA) is 34.0 Å². The Morgan fingerprint density at radius 2 is 1.36 bits per heavy atom. The van der Waals surface area contributed by atoms with E-state index in [1.54, 1.807) is 12.4 Å². The van der Waals surface area contributed by atoms with Gasteiger partial charge >= 0.3 is 6.18 Å². The molecule has 1 aliphatic heterocycles. The first-order valence-electron chi connectivity index (χ1n) is 14.7. The second-order valence-electron chi connectivity index (χ2n) is 11.9. The van der Waals surface area contributed by atoms with E-state index in [1.165, 1.54) is 12.1 Å². The van der Waals surface area contributed by atoms with Crippen molar-refractivity contribution in [2.75, 3.05) is 4.90 Å². The lowest BCUT2D eigenvalue weighted by Gasteiger charge is -2.41. The number of benzene rings is 4. The summed E-state index contributed by atoms with van der Waals surface area (Å²) in [5, 5.41) is 1.81. The molecular formula is C38H27F3N4. The van der Waals surface area contributed by atoms with E-state index in [9.17, 15) is 13.2 Å². The van der Waals surface area contributed by atoms with Crippen LogP contribution in [0.4, 0.5) is 30.4 Å². The first kappa shape index (κ1) is 27.1. The highest BCUT2D eigenvalue weighted by Crippen LogP contribution is 2.52. The second kappa shape index (κ2) is 9.79. The van der Waals surface area contributed by atoms with Gasteiger partial charge in [0, 0.05) is 34.3 Å². The fraction of sp³-hybridized carbons (Fsp3) is 0.105. The minimum atomic E-state index is -4.55. The van der Waals surface area contributed by atoms with Gasteiger partial charge in [-0.25, -0.2) is 9.97 Å². The maximum Gasteiger partial charge on any atom is 0.416 e. The number of hydrogen-bond acceptors (Lipinski definition) is 3. The molecule has 0 fully saturated rings. The number of para-hydroxylation sites is 2. The van der Waals surface area contributed by atoms with Gasteiger partial charge in [0.1, 0.15) is 11.5 Å². The summed E-state index contributed by atoms with van der Waals surface area (Å²) < 4.78 is 45.4. The van der Waals surface area contributed by atoms with E-state index in [4.69, 9.17) is 0 Å². The molecule has 4 nitrogen and oxygen atoms in total. The normalized spacial score (nSPS) is 14.0. The summed E-state index contributed by atoms with van der Waals surface area (Å²) in [5.74, 6) is 0.736. The molecule has 0 atom stereocenters. The van der Waals surface area contributed by atoms with Crippen molar-refractivity contribution in [2.24, 2.45) is 0 Å². The zero-order valence-electron chi connectivity index (χ0n) is 24.5. The van der Waals surface area contributed by atoms with Crippen molar-refractivity contribution < 1.29 is 13.2 Å². The minimum absolute atomic E-state index is 0.344. The second-order valence-corrected chi connectivity index (χ2v) is 11.9. The van der Waals surface area contributed by atoms with Gasteiger partial charge in [0.25, 0.3) is 0 Å². The third-order valence-electron chi connectivity index (χ3n) is 8.88. The Hall–Kier alpha value is -5.43. The molecule has 0 N–H and O–H groups in total. The monoisotopic (exact) mass is 596 g/mol. The molecule has 1 aliphatic rings. The van der Waals surface area contributed by atoms with Crippen LogP contribution in [-0.2, 0) is 11.6 Å². The summed E-state index contributed by atoms with van der Waals surface area (Å²) >= 11 is 0. The van der Waals surface area contributed by atoms with Crippen molar-refractivity contribution in [3.63, 3.8) is 0 Å². The van der Waals surface area contributed by atoms with E-state index in [-0.39, 0.29) is 5.41 Å². The number of halogens is 3. The summed E-state index contributed by atoms with van der Waals surface area (Å²) in [7, 11) is 0. The van der Waals surface area contributed by atoms with Crippen molar-refractivity contribution in [3.8, 4) is 16.8 Å². The van der Waals surface area contributed by atoms with E-state index >= 15 is 0 Å². The van der Waals surface area contributed by atoms with Gasteiger partial charge < -0.3 is 0 Å². The molecule has 0 aliphatic carbocycles. The zero-order valence-corrected chi connectivity index (χ0v) is 24.5. The van der Waals surface area contributed by atoms with Crippen molar-refractivity contribution in [1.29, 1.82) is 0 Å². The summed E-state index contributed by atoms with van der Waals surface area (Å²) in [6, 6.07) is 35.7. The van der Waals surface area contributed by atoms with Crippen molar-refractivity contribution in [2.45, 2.75) is 25.4 Å². The lowest BCUT2D eigenvalue weighted by molar-refractivity contribution is -0.137. The van der Waals surface area contributed by atoms with Crippen molar-refractivity contribution >= 4 is 39.1 Å². The van der Waals surface area contributed by atoms with Gasteiger partial charge in [-0.3, -0.25) is 9.47 Å². The van der Waals surface area contributed by atoms with E-state index in [0.29, 0.717) is 22.5 Å². The lowest BCUT2D eigenvalue weighted by atomic mass is 9.73. The minimum Gasteiger partial charge on any atom is -0.294 e. The molecule has 0 bridgehead atoms.